The van der Waals surface area contributed by atoms with Crippen molar-refractivity contribution in [1.29, 1.82) is 0 Å². The maximum Gasteiger partial charge on any atom is 0.181 e. The Kier molecular flexibility index (Phi) is 2.26. The van der Waals surface area contributed by atoms with Gasteiger partial charge >= 0.3 is 0 Å². The van der Waals surface area contributed by atoms with Crippen LogP contribution in [0.1, 0.15) is 0 Å². The number of rotatable bonds is 1. The number of hydrogen-bond donors (Lipinski definition) is 1. The monoisotopic (exact) mass is 264 g/mol. The van der Waals surface area contributed by atoms with Crippen LogP contribution in [0.2, 0.25) is 0 Å². The zero-order valence-corrected chi connectivity index (χ0v) is 10.3. The molecule has 0 aliphatic carbocycles. The molecule has 0 fully saturated rings. The third-order valence-electron chi connectivity index (χ3n) is 3.32. The van der Waals surface area contributed by atoms with Crippen LogP contribution in [-0.4, -0.2) is 20.2 Å². The molecule has 0 bridgehead atoms. The second kappa shape index (κ2) is 4.09. The van der Waals surface area contributed by atoms with Crippen molar-refractivity contribution in [3.05, 3.63) is 54.6 Å². The van der Waals surface area contributed by atoms with Crippen LogP contribution in [0.5, 0.6) is 0 Å². The second-order valence-corrected chi connectivity index (χ2v) is 4.47. The largest absolute Gasteiger partial charge is 0.275 e. The van der Waals surface area contributed by atoms with Gasteiger partial charge in [0.1, 0.15) is 5.82 Å². The van der Waals surface area contributed by atoms with E-state index in [1.54, 1.807) is 30.6 Å². The highest BCUT2D eigenvalue weighted by molar-refractivity contribution is 6.00. The molecule has 0 aliphatic rings. The molecule has 0 spiro atoms. The van der Waals surface area contributed by atoms with E-state index in [0.29, 0.717) is 16.6 Å². The van der Waals surface area contributed by atoms with E-state index in [1.807, 2.05) is 12.1 Å². The number of nitrogens with one attached hydrogen (secondary N) is 1. The zero-order chi connectivity index (χ0) is 13.5. The van der Waals surface area contributed by atoms with E-state index in [4.69, 9.17) is 0 Å². The van der Waals surface area contributed by atoms with Gasteiger partial charge in [0.15, 0.2) is 5.65 Å². The van der Waals surface area contributed by atoms with Gasteiger partial charge in [-0.15, -0.1) is 0 Å². The van der Waals surface area contributed by atoms with Crippen molar-refractivity contribution in [3.63, 3.8) is 0 Å². The Morgan fingerprint density at radius 2 is 1.70 bits per heavy atom. The molecule has 4 aromatic rings. The van der Waals surface area contributed by atoms with Crippen molar-refractivity contribution in [1.82, 2.24) is 20.2 Å². The highest BCUT2D eigenvalue weighted by Crippen LogP contribution is 2.31. The third kappa shape index (κ3) is 1.50. The van der Waals surface area contributed by atoms with Gasteiger partial charge in [-0.1, -0.05) is 0 Å². The molecule has 1 N–H and O–H groups in total. The van der Waals surface area contributed by atoms with Gasteiger partial charge in [0.25, 0.3) is 0 Å². The fraction of sp³-hybridized carbons (Fsp3) is 0. The van der Waals surface area contributed by atoms with Gasteiger partial charge in [-0.05, 0) is 36.4 Å². The Morgan fingerprint density at radius 3 is 2.60 bits per heavy atom. The highest BCUT2D eigenvalue weighted by atomic mass is 19.1. The molecule has 4 rings (SSSR count). The van der Waals surface area contributed by atoms with Crippen molar-refractivity contribution >= 4 is 21.9 Å². The highest BCUT2D eigenvalue weighted by Gasteiger charge is 2.13. The summed E-state index contributed by atoms with van der Waals surface area (Å²) in [5, 5.41) is 8.52. The van der Waals surface area contributed by atoms with E-state index in [0.717, 1.165) is 16.6 Å². The lowest BCUT2D eigenvalue weighted by Gasteiger charge is -2.05. The molecule has 0 unspecified atom stereocenters. The maximum absolute atomic E-state index is 13.8. The average Bonchev–Trinajstić information content (AvgIpc) is 2.92. The standard InChI is InChI=1S/C15H9FN4/c16-12-6-5-10(13-9(12)3-1-7-17-13)14-11-4-2-8-18-15(11)20-19-14/h1-8H,(H,18,19,20). The van der Waals surface area contributed by atoms with E-state index in [2.05, 4.69) is 20.2 Å². The first-order chi connectivity index (χ1) is 9.84. The van der Waals surface area contributed by atoms with E-state index >= 15 is 0 Å². The number of halogens is 1. The summed E-state index contributed by atoms with van der Waals surface area (Å²) in [7, 11) is 0. The minimum Gasteiger partial charge on any atom is -0.275 e. The average molecular weight is 264 g/mol. The van der Waals surface area contributed by atoms with E-state index in [-0.39, 0.29) is 5.82 Å². The second-order valence-electron chi connectivity index (χ2n) is 4.47. The number of hydrogen-bond acceptors (Lipinski definition) is 3. The number of pyridine rings is 2. The van der Waals surface area contributed by atoms with Gasteiger partial charge in [-0.2, -0.15) is 5.10 Å². The normalized spacial score (nSPS) is 11.2. The molecule has 3 aromatic heterocycles. The predicted molar refractivity (Wildman–Crippen MR) is 74.6 cm³/mol. The quantitative estimate of drug-likeness (QED) is 0.574. The summed E-state index contributed by atoms with van der Waals surface area (Å²) < 4.78 is 13.8. The van der Waals surface area contributed by atoms with Crippen molar-refractivity contribution in [2.45, 2.75) is 0 Å². The minimum absolute atomic E-state index is 0.279. The number of benzene rings is 1. The van der Waals surface area contributed by atoms with Gasteiger partial charge in [0.05, 0.1) is 11.2 Å². The number of aromatic amines is 1. The number of nitrogens with zero attached hydrogens (tertiary/aromatic N) is 3. The van der Waals surface area contributed by atoms with Crippen LogP contribution in [0.15, 0.2) is 48.8 Å². The molecule has 4 nitrogen and oxygen atoms in total. The molecular weight excluding hydrogens is 255 g/mol. The Labute approximate surface area is 113 Å². The van der Waals surface area contributed by atoms with Crippen LogP contribution in [0.4, 0.5) is 4.39 Å². The third-order valence-corrected chi connectivity index (χ3v) is 3.32. The van der Waals surface area contributed by atoms with Gasteiger partial charge in [-0.3, -0.25) is 10.1 Å². The number of fused-ring (bicyclic) bond motifs is 2. The molecule has 0 aliphatic heterocycles. The Hall–Kier alpha value is -2.82. The summed E-state index contributed by atoms with van der Waals surface area (Å²) >= 11 is 0. The molecule has 3 heterocycles. The van der Waals surface area contributed by atoms with Crippen molar-refractivity contribution < 1.29 is 4.39 Å². The van der Waals surface area contributed by atoms with E-state index < -0.39 is 0 Å². The molecular formula is C15H9FN4. The Morgan fingerprint density at radius 1 is 0.900 bits per heavy atom. The molecule has 0 amide bonds. The smallest absolute Gasteiger partial charge is 0.181 e. The lowest BCUT2D eigenvalue weighted by Crippen LogP contribution is -1.88. The van der Waals surface area contributed by atoms with Crippen LogP contribution >= 0.6 is 0 Å². The van der Waals surface area contributed by atoms with Crippen LogP contribution in [0.25, 0.3) is 33.2 Å². The van der Waals surface area contributed by atoms with Crippen molar-refractivity contribution in [3.8, 4) is 11.3 Å². The summed E-state index contributed by atoms with van der Waals surface area (Å²) in [4.78, 5) is 8.48. The predicted octanol–water partition coefficient (Wildman–Crippen LogP) is 3.31. The minimum atomic E-state index is -0.279. The molecule has 0 radical (unpaired) electrons. The van der Waals surface area contributed by atoms with Crippen LogP contribution < -0.4 is 0 Å². The van der Waals surface area contributed by atoms with Crippen LogP contribution in [0, 0.1) is 5.82 Å². The summed E-state index contributed by atoms with van der Waals surface area (Å²) in [6.07, 6.45) is 3.34. The molecule has 5 heteroatoms. The lowest BCUT2D eigenvalue weighted by atomic mass is 10.0. The summed E-state index contributed by atoms with van der Waals surface area (Å²) in [5.41, 5.74) is 2.87. The SMILES string of the molecule is Fc1ccc(-c2[nH]nc3ncccc23)c2ncccc12. The van der Waals surface area contributed by atoms with Crippen LogP contribution in [0.3, 0.4) is 0 Å². The van der Waals surface area contributed by atoms with E-state index in [1.165, 1.54) is 6.07 Å². The topological polar surface area (TPSA) is 54.5 Å². The maximum atomic E-state index is 13.8. The first-order valence-corrected chi connectivity index (χ1v) is 6.17. The molecule has 96 valence electrons. The molecule has 20 heavy (non-hydrogen) atoms. The number of H-pyrrole nitrogens is 1. The van der Waals surface area contributed by atoms with Crippen LogP contribution in [-0.2, 0) is 0 Å². The first kappa shape index (κ1) is 11.0. The summed E-state index contributed by atoms with van der Waals surface area (Å²) in [6, 6.07) is 10.4. The molecule has 0 saturated carbocycles. The molecule has 0 atom stereocenters. The molecule has 1 aromatic carbocycles. The van der Waals surface area contributed by atoms with Gasteiger partial charge < -0.3 is 0 Å². The van der Waals surface area contributed by atoms with Crippen molar-refractivity contribution in [2.75, 3.05) is 0 Å². The number of aromatic nitrogens is 4. The van der Waals surface area contributed by atoms with E-state index in [9.17, 15) is 4.39 Å². The fourth-order valence-corrected chi connectivity index (χ4v) is 2.40. The summed E-state index contributed by atoms with van der Waals surface area (Å²) in [5.74, 6) is -0.279. The van der Waals surface area contributed by atoms with Crippen molar-refractivity contribution in [2.24, 2.45) is 0 Å². The zero-order valence-electron chi connectivity index (χ0n) is 10.3. The molecule has 0 saturated heterocycles. The lowest BCUT2D eigenvalue weighted by molar-refractivity contribution is 0.639. The van der Waals surface area contributed by atoms with Gasteiger partial charge in [0.2, 0.25) is 0 Å². The first-order valence-electron chi connectivity index (χ1n) is 6.17. The fourth-order valence-electron chi connectivity index (χ4n) is 2.40. The van der Waals surface area contributed by atoms with Gasteiger partial charge in [-0.25, -0.2) is 9.37 Å². The summed E-state index contributed by atoms with van der Waals surface area (Å²) in [6.45, 7) is 0. The Bertz CT molecular complexity index is 929. The van der Waals surface area contributed by atoms with Gasteiger partial charge in [0, 0.05) is 28.7 Å². The Balaban J connectivity index is 2.10.